The van der Waals surface area contributed by atoms with Crippen molar-refractivity contribution in [2.75, 3.05) is 0 Å². The zero-order chi connectivity index (χ0) is 19.5. The average Bonchev–Trinajstić information content (AvgIpc) is 2.68. The van der Waals surface area contributed by atoms with E-state index in [9.17, 15) is 13.2 Å². The summed E-state index contributed by atoms with van der Waals surface area (Å²) in [5.41, 5.74) is 0.0874. The molecule has 3 aromatic rings. The fourth-order valence-electron chi connectivity index (χ4n) is 2.81. The van der Waals surface area contributed by atoms with Crippen LogP contribution in [-0.4, -0.2) is 14.2 Å². The molecule has 4 nitrogen and oxygen atoms in total. The summed E-state index contributed by atoms with van der Waals surface area (Å²) >= 11 is 0. The molecule has 0 aliphatic heterocycles. The highest BCUT2D eigenvalue weighted by Gasteiger charge is 2.41. The van der Waals surface area contributed by atoms with Crippen LogP contribution in [0, 0.1) is 6.92 Å². The number of benzene rings is 3. The second-order valence-corrected chi connectivity index (χ2v) is 7.99. The number of hydrogen-bond donors (Lipinski definition) is 0. The van der Waals surface area contributed by atoms with E-state index in [1.54, 1.807) is 72.8 Å². The molecule has 0 heterocycles. The molecule has 0 N–H and O–H groups in total. The number of rotatable bonds is 6. The zero-order valence-electron chi connectivity index (χ0n) is 15.1. The molecule has 0 saturated carbocycles. The molecule has 0 fully saturated rings. The molecule has 1 unspecified atom stereocenters. The van der Waals surface area contributed by atoms with Gasteiger partial charge in [0.05, 0.1) is 4.90 Å². The predicted octanol–water partition coefficient (Wildman–Crippen LogP) is 4.50. The lowest BCUT2D eigenvalue weighted by Crippen LogP contribution is -2.38. The van der Waals surface area contributed by atoms with Crippen molar-refractivity contribution in [2.24, 2.45) is 0 Å². The first-order valence-corrected chi connectivity index (χ1v) is 9.91. The Kier molecular flexibility index (Phi) is 5.26. The van der Waals surface area contributed by atoms with Crippen molar-refractivity contribution in [2.45, 2.75) is 24.3 Å². The molecule has 0 bridgehead atoms. The number of ketones is 1. The Bertz CT molecular complexity index is 1030. The van der Waals surface area contributed by atoms with E-state index in [-0.39, 0.29) is 4.90 Å². The smallest absolute Gasteiger partial charge is 0.290 e. The Balaban J connectivity index is 2.08. The van der Waals surface area contributed by atoms with E-state index < -0.39 is 21.5 Å². The molecule has 0 aliphatic rings. The first-order chi connectivity index (χ1) is 12.8. The number of carbonyl (C=O) groups is 1. The Hall–Kier alpha value is -2.76. The van der Waals surface area contributed by atoms with Gasteiger partial charge in [0.2, 0.25) is 0 Å². The first-order valence-electron chi connectivity index (χ1n) is 8.51. The fourth-order valence-corrected chi connectivity index (χ4v) is 3.99. The highest BCUT2D eigenvalue weighted by atomic mass is 32.2. The van der Waals surface area contributed by atoms with Gasteiger partial charge in [0.15, 0.2) is 11.4 Å². The third-order valence-electron chi connectivity index (χ3n) is 4.38. The van der Waals surface area contributed by atoms with Crippen molar-refractivity contribution < 1.29 is 17.4 Å². The maximum Gasteiger partial charge on any atom is 0.298 e. The van der Waals surface area contributed by atoms with Gasteiger partial charge in [0, 0.05) is 5.56 Å². The summed E-state index contributed by atoms with van der Waals surface area (Å²) in [6.07, 6.45) is 0. The Labute approximate surface area is 159 Å². The van der Waals surface area contributed by atoms with Crippen LogP contribution in [0.5, 0.6) is 0 Å². The van der Waals surface area contributed by atoms with E-state index in [0.29, 0.717) is 11.1 Å². The van der Waals surface area contributed by atoms with E-state index in [1.807, 2.05) is 6.92 Å². The second kappa shape index (κ2) is 7.47. The quantitative estimate of drug-likeness (QED) is 0.467. The van der Waals surface area contributed by atoms with Crippen LogP contribution < -0.4 is 0 Å². The normalized spacial score (nSPS) is 13.7. The van der Waals surface area contributed by atoms with Crippen molar-refractivity contribution in [3.8, 4) is 0 Å². The molecular formula is C22H20O4S. The molecule has 0 amide bonds. The summed E-state index contributed by atoms with van der Waals surface area (Å²) in [5, 5.41) is 0. The van der Waals surface area contributed by atoms with E-state index in [2.05, 4.69) is 0 Å². The topological polar surface area (TPSA) is 60.4 Å². The van der Waals surface area contributed by atoms with Crippen LogP contribution in [0.2, 0.25) is 0 Å². The minimum absolute atomic E-state index is 0.0103. The SMILES string of the molecule is Cc1ccc(S(=O)(=O)OC(C)(C(=O)c2ccccc2)c2ccccc2)cc1. The standard InChI is InChI=1S/C22H20O4S/c1-17-13-15-20(16-14-17)27(24,25)26-22(2,19-11-7-4-8-12-19)21(23)18-9-5-3-6-10-18/h3-16H,1-2H3. The fraction of sp³-hybridized carbons (Fsp3) is 0.136. The lowest BCUT2D eigenvalue weighted by atomic mass is 9.88. The summed E-state index contributed by atoms with van der Waals surface area (Å²) in [7, 11) is -4.16. The lowest BCUT2D eigenvalue weighted by Gasteiger charge is -2.28. The molecule has 0 aromatic heterocycles. The highest BCUT2D eigenvalue weighted by Crippen LogP contribution is 2.33. The zero-order valence-corrected chi connectivity index (χ0v) is 15.9. The van der Waals surface area contributed by atoms with Gasteiger partial charge in [-0.15, -0.1) is 0 Å². The molecule has 5 heteroatoms. The van der Waals surface area contributed by atoms with Crippen LogP contribution in [0.1, 0.15) is 28.4 Å². The van der Waals surface area contributed by atoms with E-state index in [1.165, 1.54) is 19.1 Å². The largest absolute Gasteiger partial charge is 0.298 e. The van der Waals surface area contributed by atoms with E-state index in [0.717, 1.165) is 5.56 Å². The van der Waals surface area contributed by atoms with E-state index in [4.69, 9.17) is 4.18 Å². The van der Waals surface area contributed by atoms with E-state index >= 15 is 0 Å². The summed E-state index contributed by atoms with van der Waals surface area (Å²) in [6, 6.07) is 23.5. The molecular weight excluding hydrogens is 360 g/mol. The Morgan fingerprint density at radius 1 is 0.815 bits per heavy atom. The molecule has 3 aromatic carbocycles. The molecule has 0 saturated heterocycles. The summed E-state index contributed by atoms with van der Waals surface area (Å²) < 4.78 is 31.4. The molecule has 0 aliphatic carbocycles. The van der Waals surface area contributed by atoms with Gasteiger partial charge in [0.1, 0.15) is 0 Å². The third kappa shape index (κ3) is 3.99. The van der Waals surface area contributed by atoms with Gasteiger partial charge in [-0.1, -0.05) is 78.4 Å². The van der Waals surface area contributed by atoms with Gasteiger partial charge in [0.25, 0.3) is 10.1 Å². The Morgan fingerprint density at radius 2 is 1.33 bits per heavy atom. The lowest BCUT2D eigenvalue weighted by molar-refractivity contribution is 0.0533. The molecule has 3 rings (SSSR count). The van der Waals surface area contributed by atoms with Gasteiger partial charge >= 0.3 is 0 Å². The Morgan fingerprint density at radius 3 is 1.89 bits per heavy atom. The van der Waals surface area contributed by atoms with Gasteiger partial charge in [-0.2, -0.15) is 8.42 Å². The van der Waals surface area contributed by atoms with Crippen molar-refractivity contribution >= 4 is 15.9 Å². The molecule has 138 valence electrons. The minimum Gasteiger partial charge on any atom is -0.290 e. The maximum atomic E-state index is 13.2. The summed E-state index contributed by atoms with van der Waals surface area (Å²) in [5.74, 6) is -0.426. The molecule has 0 radical (unpaired) electrons. The molecule has 27 heavy (non-hydrogen) atoms. The molecule has 1 atom stereocenters. The summed E-state index contributed by atoms with van der Waals surface area (Å²) in [4.78, 5) is 13.3. The predicted molar refractivity (Wildman–Crippen MR) is 104 cm³/mol. The van der Waals surface area contributed by atoms with Gasteiger partial charge < -0.3 is 0 Å². The number of hydrogen-bond acceptors (Lipinski definition) is 4. The number of Topliss-reactive ketones (excluding diaryl/α,β-unsaturated/α-hetero) is 1. The van der Waals surface area contributed by atoms with Gasteiger partial charge in [-0.25, -0.2) is 4.18 Å². The first kappa shape index (κ1) is 19.0. The number of aryl methyl sites for hydroxylation is 1. The molecule has 0 spiro atoms. The van der Waals surface area contributed by atoms with Crippen LogP contribution in [0.25, 0.3) is 0 Å². The summed E-state index contributed by atoms with van der Waals surface area (Å²) in [6.45, 7) is 3.35. The monoisotopic (exact) mass is 380 g/mol. The average molecular weight is 380 g/mol. The van der Waals surface area contributed by atoms with Crippen LogP contribution in [0.15, 0.2) is 89.8 Å². The van der Waals surface area contributed by atoms with Crippen molar-refractivity contribution in [3.05, 3.63) is 102 Å². The second-order valence-electron chi connectivity index (χ2n) is 6.44. The highest BCUT2D eigenvalue weighted by molar-refractivity contribution is 7.86. The van der Waals surface area contributed by atoms with Crippen LogP contribution in [0.3, 0.4) is 0 Å². The van der Waals surface area contributed by atoms with Crippen molar-refractivity contribution in [1.29, 1.82) is 0 Å². The van der Waals surface area contributed by atoms with Gasteiger partial charge in [-0.3, -0.25) is 4.79 Å². The maximum absolute atomic E-state index is 13.2. The van der Waals surface area contributed by atoms with Gasteiger partial charge in [-0.05, 0) is 31.5 Å². The van der Waals surface area contributed by atoms with Crippen molar-refractivity contribution in [3.63, 3.8) is 0 Å². The number of carbonyl (C=O) groups excluding carboxylic acids is 1. The van der Waals surface area contributed by atoms with Crippen molar-refractivity contribution in [1.82, 2.24) is 0 Å². The van der Waals surface area contributed by atoms with Crippen LogP contribution in [0.4, 0.5) is 0 Å². The minimum atomic E-state index is -4.16. The van der Waals surface area contributed by atoms with Crippen LogP contribution >= 0.6 is 0 Å². The van der Waals surface area contributed by atoms with Crippen LogP contribution in [-0.2, 0) is 19.9 Å². The third-order valence-corrected chi connectivity index (χ3v) is 5.78.